The molecule has 1 aromatic carbocycles. The van der Waals surface area contributed by atoms with Gasteiger partial charge in [-0.1, -0.05) is 38.7 Å². The van der Waals surface area contributed by atoms with E-state index in [9.17, 15) is 9.90 Å². The highest BCUT2D eigenvalue weighted by atomic mass is 16.5. The Kier molecular flexibility index (Phi) is 6.83. The fraction of sp³-hybridized carbons (Fsp3) is 0.350. The molecule has 0 amide bonds. The first-order chi connectivity index (χ1) is 11.1. The van der Waals surface area contributed by atoms with Crippen LogP contribution in [0.2, 0.25) is 0 Å². The molecule has 0 aliphatic rings. The van der Waals surface area contributed by atoms with E-state index >= 15 is 0 Å². The zero-order valence-electron chi connectivity index (χ0n) is 14.8. The predicted molar refractivity (Wildman–Crippen MR) is 96.6 cm³/mol. The highest BCUT2D eigenvalue weighted by molar-refractivity contribution is 5.68. The van der Waals surface area contributed by atoms with Crippen molar-refractivity contribution in [3.63, 3.8) is 0 Å². The maximum atomic E-state index is 10.6. The van der Waals surface area contributed by atoms with Gasteiger partial charge in [-0.3, -0.25) is 0 Å². The van der Waals surface area contributed by atoms with E-state index in [-0.39, 0.29) is 18.3 Å². The van der Waals surface area contributed by atoms with Gasteiger partial charge in [-0.25, -0.2) is 4.79 Å². The Balaban J connectivity index is 2.99. The van der Waals surface area contributed by atoms with Gasteiger partial charge in [-0.15, -0.1) is 0 Å². The van der Waals surface area contributed by atoms with E-state index in [4.69, 9.17) is 9.84 Å². The number of carboxylic acids is 1. The fourth-order valence-electron chi connectivity index (χ4n) is 2.54. The van der Waals surface area contributed by atoms with Crippen LogP contribution in [0.4, 0.5) is 0 Å². The molecule has 24 heavy (non-hydrogen) atoms. The van der Waals surface area contributed by atoms with Crippen LogP contribution in [0.1, 0.15) is 30.5 Å². The molecule has 0 atom stereocenters. The molecule has 0 aromatic heterocycles. The van der Waals surface area contributed by atoms with Gasteiger partial charge >= 0.3 is 5.97 Å². The van der Waals surface area contributed by atoms with Gasteiger partial charge in [-0.05, 0) is 60.6 Å². The number of rotatable bonds is 8. The number of allylic oxidation sites excluding steroid dienone is 3. The second kappa shape index (κ2) is 8.39. The molecule has 0 saturated carbocycles. The molecule has 4 nitrogen and oxygen atoms in total. The van der Waals surface area contributed by atoms with Gasteiger partial charge in [0.15, 0.2) is 6.61 Å². The number of aryl methyl sites for hydroxylation is 2. The van der Waals surface area contributed by atoms with Crippen LogP contribution in [-0.4, -0.2) is 22.8 Å². The minimum atomic E-state index is -1.00. The lowest BCUT2D eigenvalue weighted by molar-refractivity contribution is -0.139. The lowest BCUT2D eigenvalue weighted by atomic mass is 9.93. The van der Waals surface area contributed by atoms with Gasteiger partial charge < -0.3 is 14.9 Å². The summed E-state index contributed by atoms with van der Waals surface area (Å²) in [6.07, 6.45) is 2.51. The molecule has 1 aromatic rings. The molecule has 0 spiro atoms. The van der Waals surface area contributed by atoms with Gasteiger partial charge in [0.25, 0.3) is 0 Å². The van der Waals surface area contributed by atoms with Gasteiger partial charge in [0.05, 0.1) is 0 Å². The second-order valence-electron chi connectivity index (χ2n) is 6.25. The third kappa shape index (κ3) is 5.61. The van der Waals surface area contributed by atoms with Crippen molar-refractivity contribution in [3.8, 4) is 5.75 Å². The average molecular weight is 330 g/mol. The van der Waals surface area contributed by atoms with Crippen LogP contribution in [0.25, 0.3) is 0 Å². The summed E-state index contributed by atoms with van der Waals surface area (Å²) in [5, 5.41) is 18.4. The van der Waals surface area contributed by atoms with E-state index in [0.29, 0.717) is 12.2 Å². The van der Waals surface area contributed by atoms with Gasteiger partial charge in [0, 0.05) is 0 Å². The summed E-state index contributed by atoms with van der Waals surface area (Å²) in [6.45, 7) is 15.2. The van der Waals surface area contributed by atoms with E-state index in [1.54, 1.807) is 0 Å². The first kappa shape index (κ1) is 19.6. The second-order valence-corrected chi connectivity index (χ2v) is 6.25. The Morgan fingerprint density at radius 2 is 1.75 bits per heavy atom. The Hall–Kier alpha value is -2.49. The standard InChI is InChI=1S/C20H26O4/c1-12(2)18(16(6)21)7-13(3)8-19-14(4)9-17(10-15(19)5)24-11-20(22)23/h7,9-10,12,21H,3,6,8,11H2,1-2,4-5H3,(H,22,23)/b18-7-. The van der Waals surface area contributed by atoms with Crippen molar-refractivity contribution in [2.45, 2.75) is 34.1 Å². The van der Waals surface area contributed by atoms with Crippen molar-refractivity contribution in [1.29, 1.82) is 0 Å². The molecule has 0 aliphatic heterocycles. The molecule has 0 saturated heterocycles. The lowest BCUT2D eigenvalue weighted by Gasteiger charge is -2.15. The summed E-state index contributed by atoms with van der Waals surface area (Å²) in [5.74, 6) is -0.229. The number of carbonyl (C=O) groups is 1. The molecular weight excluding hydrogens is 304 g/mol. The third-order valence-electron chi connectivity index (χ3n) is 3.75. The monoisotopic (exact) mass is 330 g/mol. The summed E-state index contributed by atoms with van der Waals surface area (Å²) >= 11 is 0. The molecular formula is C20H26O4. The van der Waals surface area contributed by atoms with Crippen LogP contribution in [-0.2, 0) is 11.2 Å². The topological polar surface area (TPSA) is 66.8 Å². The zero-order valence-corrected chi connectivity index (χ0v) is 14.8. The minimum absolute atomic E-state index is 0.0667. The SMILES string of the molecule is C=C(/C=C(\C(=C)O)C(C)C)Cc1c(C)cc(OCC(=O)O)cc1C. The summed E-state index contributed by atoms with van der Waals surface area (Å²) in [7, 11) is 0. The number of aliphatic hydroxyl groups excluding tert-OH is 1. The van der Waals surface area contributed by atoms with E-state index in [1.165, 1.54) is 0 Å². The molecule has 0 radical (unpaired) electrons. The van der Waals surface area contributed by atoms with Crippen LogP contribution >= 0.6 is 0 Å². The molecule has 0 unspecified atom stereocenters. The van der Waals surface area contributed by atoms with Crippen molar-refractivity contribution in [3.05, 3.63) is 65.0 Å². The third-order valence-corrected chi connectivity index (χ3v) is 3.75. The zero-order chi connectivity index (χ0) is 18.4. The Morgan fingerprint density at radius 3 is 2.17 bits per heavy atom. The molecule has 0 bridgehead atoms. The average Bonchev–Trinajstić information content (AvgIpc) is 2.45. The van der Waals surface area contributed by atoms with Gasteiger partial charge in [0.2, 0.25) is 0 Å². The summed E-state index contributed by atoms with van der Waals surface area (Å²) in [6, 6.07) is 3.66. The predicted octanol–water partition coefficient (Wildman–Crippen LogP) is 4.52. The number of ether oxygens (including phenoxy) is 1. The summed E-state index contributed by atoms with van der Waals surface area (Å²) in [4.78, 5) is 10.6. The molecule has 2 N–H and O–H groups in total. The molecule has 0 aliphatic carbocycles. The first-order valence-electron chi connectivity index (χ1n) is 7.84. The van der Waals surface area contributed by atoms with E-state index in [1.807, 2.05) is 45.9 Å². The number of aliphatic carboxylic acids is 1. The van der Waals surface area contributed by atoms with Gasteiger partial charge in [0.1, 0.15) is 11.5 Å². The fourth-order valence-corrected chi connectivity index (χ4v) is 2.54. The largest absolute Gasteiger partial charge is 0.508 e. The molecule has 0 heterocycles. The number of hydrogen-bond donors (Lipinski definition) is 2. The quantitative estimate of drug-likeness (QED) is 0.543. The Labute approximate surface area is 143 Å². The van der Waals surface area contributed by atoms with E-state index in [0.717, 1.165) is 27.8 Å². The summed E-state index contributed by atoms with van der Waals surface area (Å²) < 4.78 is 5.24. The van der Waals surface area contributed by atoms with E-state index < -0.39 is 5.97 Å². The Bertz CT molecular complexity index is 658. The Morgan fingerprint density at radius 1 is 1.21 bits per heavy atom. The van der Waals surface area contributed by atoms with Crippen LogP contribution in [0, 0.1) is 19.8 Å². The molecule has 1 rings (SSSR count). The van der Waals surface area contributed by atoms with Crippen LogP contribution in [0.3, 0.4) is 0 Å². The van der Waals surface area contributed by atoms with Gasteiger partial charge in [-0.2, -0.15) is 0 Å². The number of carboxylic acid groups (broad SMARTS) is 1. The van der Waals surface area contributed by atoms with Crippen molar-refractivity contribution < 1.29 is 19.7 Å². The smallest absolute Gasteiger partial charge is 0.341 e. The number of benzene rings is 1. The first-order valence-corrected chi connectivity index (χ1v) is 7.84. The van der Waals surface area contributed by atoms with Crippen molar-refractivity contribution in [2.24, 2.45) is 5.92 Å². The minimum Gasteiger partial charge on any atom is -0.508 e. The normalized spacial score (nSPS) is 11.5. The summed E-state index contributed by atoms with van der Waals surface area (Å²) in [5.41, 5.74) is 4.79. The highest BCUT2D eigenvalue weighted by Gasteiger charge is 2.11. The highest BCUT2D eigenvalue weighted by Crippen LogP contribution is 2.26. The van der Waals surface area contributed by atoms with Crippen LogP contribution < -0.4 is 4.74 Å². The van der Waals surface area contributed by atoms with Crippen molar-refractivity contribution in [2.75, 3.05) is 6.61 Å². The lowest BCUT2D eigenvalue weighted by Crippen LogP contribution is -2.10. The van der Waals surface area contributed by atoms with Crippen LogP contribution in [0.15, 0.2) is 48.3 Å². The number of aliphatic hydroxyl groups is 1. The van der Waals surface area contributed by atoms with Crippen molar-refractivity contribution in [1.82, 2.24) is 0 Å². The van der Waals surface area contributed by atoms with E-state index in [2.05, 4.69) is 13.2 Å². The number of hydrogen-bond acceptors (Lipinski definition) is 3. The van der Waals surface area contributed by atoms with Crippen molar-refractivity contribution >= 4 is 5.97 Å². The molecule has 4 heteroatoms. The maximum Gasteiger partial charge on any atom is 0.341 e. The molecule has 0 fully saturated rings. The van der Waals surface area contributed by atoms with Crippen LogP contribution in [0.5, 0.6) is 5.75 Å². The maximum absolute atomic E-state index is 10.6. The molecule has 130 valence electrons.